The van der Waals surface area contributed by atoms with Crippen molar-refractivity contribution in [2.75, 3.05) is 12.3 Å². The lowest BCUT2D eigenvalue weighted by atomic mass is 10.1. The van der Waals surface area contributed by atoms with Gasteiger partial charge in [-0.1, -0.05) is 6.92 Å². The van der Waals surface area contributed by atoms with Crippen LogP contribution in [0.15, 0.2) is 0 Å². The molecule has 0 spiro atoms. The minimum absolute atomic E-state index is 0.0747. The van der Waals surface area contributed by atoms with E-state index in [-0.39, 0.29) is 6.04 Å². The number of carbonyl (C=O) groups is 1. The van der Waals surface area contributed by atoms with Crippen molar-refractivity contribution >= 4 is 16.0 Å². The Morgan fingerprint density at radius 2 is 2.07 bits per heavy atom. The Kier molecular flexibility index (Phi) is 3.16. The Morgan fingerprint density at radius 3 is 2.43 bits per heavy atom. The molecule has 0 amide bonds. The molecule has 0 aromatic carbocycles. The fourth-order valence-corrected chi connectivity index (χ4v) is 3.48. The highest BCUT2D eigenvalue weighted by Gasteiger charge is 2.35. The molecule has 2 unspecified atom stereocenters. The number of hydrogen-bond acceptors (Lipinski definition) is 3. The van der Waals surface area contributed by atoms with Crippen LogP contribution in [0.4, 0.5) is 0 Å². The van der Waals surface area contributed by atoms with Gasteiger partial charge in [-0.15, -0.1) is 0 Å². The molecule has 6 heteroatoms. The van der Waals surface area contributed by atoms with Crippen LogP contribution >= 0.6 is 0 Å². The second kappa shape index (κ2) is 3.86. The van der Waals surface area contributed by atoms with Gasteiger partial charge < -0.3 is 5.11 Å². The van der Waals surface area contributed by atoms with Crippen LogP contribution in [-0.4, -0.2) is 42.1 Å². The number of nitrogens with zero attached hydrogens (tertiary/aromatic N) is 1. The number of hydrogen-bond donors (Lipinski definition) is 1. The normalized spacial score (nSPS) is 29.3. The number of aliphatic carboxylic acids is 1. The van der Waals surface area contributed by atoms with E-state index in [1.807, 2.05) is 13.8 Å². The molecule has 1 aliphatic heterocycles. The summed E-state index contributed by atoms with van der Waals surface area (Å²) in [7, 11) is -3.61. The van der Waals surface area contributed by atoms with Crippen LogP contribution in [0.2, 0.25) is 0 Å². The lowest BCUT2D eigenvalue weighted by Crippen LogP contribution is -2.37. The van der Waals surface area contributed by atoms with Gasteiger partial charge in [0.25, 0.3) is 0 Å². The fourth-order valence-electron chi connectivity index (χ4n) is 1.89. The van der Waals surface area contributed by atoms with Crippen molar-refractivity contribution < 1.29 is 18.3 Å². The predicted molar refractivity (Wildman–Crippen MR) is 51.4 cm³/mol. The Bertz CT molecular complexity index is 324. The molecular weight excluding hydrogens is 206 g/mol. The van der Waals surface area contributed by atoms with E-state index in [0.29, 0.717) is 12.5 Å². The van der Waals surface area contributed by atoms with Gasteiger partial charge in [0.05, 0.1) is 0 Å². The van der Waals surface area contributed by atoms with Gasteiger partial charge in [0.15, 0.2) is 5.75 Å². The summed E-state index contributed by atoms with van der Waals surface area (Å²) in [6.45, 7) is 4.21. The third-order valence-electron chi connectivity index (χ3n) is 2.39. The Balaban J connectivity index is 2.78. The van der Waals surface area contributed by atoms with Crippen LogP contribution < -0.4 is 0 Å². The van der Waals surface area contributed by atoms with Crippen molar-refractivity contribution in [2.45, 2.75) is 26.3 Å². The van der Waals surface area contributed by atoms with Crippen molar-refractivity contribution in [1.82, 2.24) is 4.31 Å². The van der Waals surface area contributed by atoms with Gasteiger partial charge in [-0.25, -0.2) is 8.42 Å². The van der Waals surface area contributed by atoms with Crippen molar-refractivity contribution in [2.24, 2.45) is 5.92 Å². The summed E-state index contributed by atoms with van der Waals surface area (Å²) in [4.78, 5) is 10.4. The maximum absolute atomic E-state index is 11.5. The summed E-state index contributed by atoms with van der Waals surface area (Å²) < 4.78 is 24.4. The van der Waals surface area contributed by atoms with Gasteiger partial charge in [0.2, 0.25) is 10.0 Å². The fraction of sp³-hybridized carbons (Fsp3) is 0.875. The first kappa shape index (κ1) is 11.5. The second-order valence-electron chi connectivity index (χ2n) is 3.91. The molecule has 1 N–H and O–H groups in total. The molecule has 1 saturated heterocycles. The molecule has 0 radical (unpaired) electrons. The summed E-state index contributed by atoms with van der Waals surface area (Å²) in [6, 6.07) is -0.0747. The van der Waals surface area contributed by atoms with Crippen molar-refractivity contribution in [3.8, 4) is 0 Å². The van der Waals surface area contributed by atoms with Crippen molar-refractivity contribution in [3.05, 3.63) is 0 Å². The lowest BCUT2D eigenvalue weighted by Gasteiger charge is -2.19. The van der Waals surface area contributed by atoms with Crippen LogP contribution in [0.3, 0.4) is 0 Å². The minimum Gasteiger partial charge on any atom is -0.480 e. The van der Waals surface area contributed by atoms with Gasteiger partial charge in [-0.2, -0.15) is 4.31 Å². The van der Waals surface area contributed by atoms with E-state index in [2.05, 4.69) is 0 Å². The molecule has 2 atom stereocenters. The van der Waals surface area contributed by atoms with Gasteiger partial charge in [0, 0.05) is 12.6 Å². The maximum Gasteiger partial charge on any atom is 0.320 e. The zero-order valence-electron chi connectivity index (χ0n) is 8.30. The van der Waals surface area contributed by atoms with E-state index < -0.39 is 21.7 Å². The van der Waals surface area contributed by atoms with E-state index in [1.54, 1.807) is 0 Å². The molecule has 1 aliphatic rings. The summed E-state index contributed by atoms with van der Waals surface area (Å²) in [5.41, 5.74) is 0. The smallest absolute Gasteiger partial charge is 0.320 e. The summed E-state index contributed by atoms with van der Waals surface area (Å²) in [5.74, 6) is -1.78. The summed E-state index contributed by atoms with van der Waals surface area (Å²) in [6.07, 6.45) is 0.804. The molecular formula is C8H15NO4S. The van der Waals surface area contributed by atoms with Crippen molar-refractivity contribution in [3.63, 3.8) is 0 Å². The molecule has 82 valence electrons. The summed E-state index contributed by atoms with van der Waals surface area (Å²) in [5, 5.41) is 8.46. The van der Waals surface area contributed by atoms with E-state index in [1.165, 1.54) is 4.31 Å². The highest BCUT2D eigenvalue weighted by molar-refractivity contribution is 7.89. The second-order valence-corrected chi connectivity index (χ2v) is 5.83. The number of carboxylic acid groups (broad SMARTS) is 1. The average molecular weight is 221 g/mol. The van der Waals surface area contributed by atoms with E-state index >= 15 is 0 Å². The topological polar surface area (TPSA) is 74.7 Å². The number of carboxylic acids is 1. The molecule has 5 nitrogen and oxygen atoms in total. The quantitative estimate of drug-likeness (QED) is 0.735. The highest BCUT2D eigenvalue weighted by Crippen LogP contribution is 2.25. The minimum atomic E-state index is -3.61. The molecule has 0 saturated carbocycles. The van der Waals surface area contributed by atoms with Crippen LogP contribution in [0.1, 0.15) is 20.3 Å². The van der Waals surface area contributed by atoms with Gasteiger partial charge in [-0.05, 0) is 19.3 Å². The van der Waals surface area contributed by atoms with E-state index in [9.17, 15) is 13.2 Å². The van der Waals surface area contributed by atoms with Crippen LogP contribution in [0.25, 0.3) is 0 Å². The van der Waals surface area contributed by atoms with Gasteiger partial charge in [-0.3, -0.25) is 4.79 Å². The molecule has 0 aromatic rings. The zero-order chi connectivity index (χ0) is 10.9. The monoisotopic (exact) mass is 221 g/mol. The largest absolute Gasteiger partial charge is 0.480 e. The van der Waals surface area contributed by atoms with Crippen LogP contribution in [-0.2, 0) is 14.8 Å². The third kappa shape index (κ3) is 2.45. The Labute approximate surface area is 83.8 Å². The van der Waals surface area contributed by atoms with E-state index in [4.69, 9.17) is 5.11 Å². The zero-order valence-corrected chi connectivity index (χ0v) is 9.12. The Hall–Kier alpha value is -0.620. The standard InChI is InChI=1S/C8H15NO4S/c1-6-3-7(2)9(4-6)14(12,13)5-8(10)11/h6-7H,3-5H2,1-2H3,(H,10,11). The number of sulfonamides is 1. The molecule has 0 bridgehead atoms. The molecule has 1 fully saturated rings. The highest BCUT2D eigenvalue weighted by atomic mass is 32.2. The van der Waals surface area contributed by atoms with Crippen LogP contribution in [0, 0.1) is 5.92 Å². The average Bonchev–Trinajstić information content (AvgIpc) is 2.27. The van der Waals surface area contributed by atoms with E-state index in [0.717, 1.165) is 6.42 Å². The Morgan fingerprint density at radius 1 is 1.50 bits per heavy atom. The third-order valence-corrected chi connectivity index (χ3v) is 4.23. The number of rotatable bonds is 3. The molecule has 1 rings (SSSR count). The van der Waals surface area contributed by atoms with Crippen molar-refractivity contribution in [1.29, 1.82) is 0 Å². The maximum atomic E-state index is 11.5. The van der Waals surface area contributed by atoms with Gasteiger partial charge >= 0.3 is 5.97 Å². The first-order valence-corrected chi connectivity index (χ1v) is 6.15. The SMILES string of the molecule is CC1CC(C)N(S(=O)(=O)CC(=O)O)C1. The molecule has 1 heterocycles. The predicted octanol–water partition coefficient (Wildman–Crippen LogP) is 0.131. The summed E-state index contributed by atoms with van der Waals surface area (Å²) >= 11 is 0. The van der Waals surface area contributed by atoms with Crippen LogP contribution in [0.5, 0.6) is 0 Å². The molecule has 14 heavy (non-hydrogen) atoms. The lowest BCUT2D eigenvalue weighted by molar-refractivity contribution is -0.134. The van der Waals surface area contributed by atoms with Gasteiger partial charge in [0.1, 0.15) is 0 Å². The first-order chi connectivity index (χ1) is 6.33. The molecule has 0 aliphatic carbocycles. The first-order valence-electron chi connectivity index (χ1n) is 4.54. The molecule has 0 aromatic heterocycles.